The molecule has 0 saturated carbocycles. The van der Waals surface area contributed by atoms with E-state index in [0.29, 0.717) is 19.6 Å². The molecule has 1 saturated heterocycles. The minimum Gasteiger partial charge on any atom is -0.342 e. The summed E-state index contributed by atoms with van der Waals surface area (Å²) in [5.41, 5.74) is 1.18. The smallest absolute Gasteiger partial charge is 0.236 e. The summed E-state index contributed by atoms with van der Waals surface area (Å²) in [5, 5.41) is 4.11. The molecule has 25 heavy (non-hydrogen) atoms. The van der Waals surface area contributed by atoms with Gasteiger partial charge in [0.15, 0.2) is 0 Å². The first-order valence-corrected chi connectivity index (χ1v) is 9.95. The first-order chi connectivity index (χ1) is 12.0. The first-order valence-electron chi connectivity index (χ1n) is 9.01. The highest BCUT2D eigenvalue weighted by molar-refractivity contribution is 7.07. The van der Waals surface area contributed by atoms with Crippen LogP contribution in [-0.4, -0.2) is 90.8 Å². The topological polar surface area (TPSA) is 47.1 Å². The Morgan fingerprint density at radius 3 is 2.08 bits per heavy atom. The van der Waals surface area contributed by atoms with E-state index < -0.39 is 0 Å². The van der Waals surface area contributed by atoms with E-state index in [4.69, 9.17) is 0 Å². The zero-order valence-corrected chi connectivity index (χ0v) is 16.4. The Morgan fingerprint density at radius 1 is 1.04 bits per heavy atom. The maximum absolute atomic E-state index is 12.4. The number of carbonyl (C=O) groups is 2. The molecule has 0 unspecified atom stereocenters. The Labute approximate surface area is 155 Å². The van der Waals surface area contributed by atoms with Crippen molar-refractivity contribution >= 4 is 23.2 Å². The minimum atomic E-state index is 0.152. The molecular formula is C18H30N4O2S. The van der Waals surface area contributed by atoms with Crippen molar-refractivity contribution in [3.63, 3.8) is 0 Å². The van der Waals surface area contributed by atoms with Gasteiger partial charge < -0.3 is 9.80 Å². The van der Waals surface area contributed by atoms with Gasteiger partial charge in [-0.25, -0.2) is 0 Å². The second-order valence-electron chi connectivity index (χ2n) is 6.50. The van der Waals surface area contributed by atoms with Gasteiger partial charge in [0, 0.05) is 52.9 Å². The highest BCUT2D eigenvalue weighted by Gasteiger charge is 2.23. The number of rotatable bonds is 8. The summed E-state index contributed by atoms with van der Waals surface area (Å²) >= 11 is 1.65. The van der Waals surface area contributed by atoms with Crippen LogP contribution in [0, 0.1) is 0 Å². The lowest BCUT2D eigenvalue weighted by atomic mass is 10.2. The van der Waals surface area contributed by atoms with Crippen molar-refractivity contribution in [3.05, 3.63) is 22.4 Å². The lowest BCUT2D eigenvalue weighted by Crippen LogP contribution is -2.52. The Kier molecular flexibility index (Phi) is 7.87. The number of piperazine rings is 1. The number of carbonyl (C=O) groups excluding carboxylic acids is 2. The average molecular weight is 367 g/mol. The molecule has 1 aliphatic heterocycles. The van der Waals surface area contributed by atoms with Crippen molar-refractivity contribution in [2.24, 2.45) is 0 Å². The largest absolute Gasteiger partial charge is 0.342 e. The zero-order valence-electron chi connectivity index (χ0n) is 15.6. The highest BCUT2D eigenvalue weighted by Crippen LogP contribution is 2.09. The van der Waals surface area contributed by atoms with Crippen LogP contribution in [-0.2, 0) is 16.1 Å². The Morgan fingerprint density at radius 2 is 1.60 bits per heavy atom. The number of nitrogens with zero attached hydrogens (tertiary/aromatic N) is 4. The molecule has 0 spiro atoms. The number of thiophene rings is 1. The van der Waals surface area contributed by atoms with Crippen molar-refractivity contribution in [2.45, 2.75) is 20.4 Å². The molecule has 1 aromatic rings. The predicted octanol–water partition coefficient (Wildman–Crippen LogP) is 1.19. The summed E-state index contributed by atoms with van der Waals surface area (Å²) in [6.07, 6.45) is 0. The van der Waals surface area contributed by atoms with E-state index >= 15 is 0 Å². The molecule has 0 radical (unpaired) electrons. The molecule has 7 heteroatoms. The molecule has 2 rings (SSSR count). The number of likely N-dealkylation sites (N-methyl/N-ethyl adjacent to an activating group) is 2. The molecule has 1 aromatic heterocycles. The molecule has 0 aliphatic carbocycles. The summed E-state index contributed by atoms with van der Waals surface area (Å²) in [5.74, 6) is 0.351. The lowest BCUT2D eigenvalue weighted by molar-refractivity contribution is -0.134. The normalized spacial score (nSPS) is 16.0. The molecule has 0 atom stereocenters. The van der Waals surface area contributed by atoms with Crippen LogP contribution >= 0.6 is 11.3 Å². The van der Waals surface area contributed by atoms with Crippen LogP contribution in [0.5, 0.6) is 0 Å². The van der Waals surface area contributed by atoms with Crippen LogP contribution in [0.4, 0.5) is 0 Å². The summed E-state index contributed by atoms with van der Waals surface area (Å²) in [6.45, 7) is 10.5. The molecular weight excluding hydrogens is 336 g/mol. The predicted molar refractivity (Wildman–Crippen MR) is 102 cm³/mol. The summed E-state index contributed by atoms with van der Waals surface area (Å²) in [4.78, 5) is 32.6. The van der Waals surface area contributed by atoms with Gasteiger partial charge in [-0.15, -0.1) is 0 Å². The van der Waals surface area contributed by atoms with Gasteiger partial charge >= 0.3 is 0 Å². The maximum atomic E-state index is 12.4. The van der Waals surface area contributed by atoms with Crippen molar-refractivity contribution in [3.8, 4) is 0 Å². The molecule has 2 heterocycles. The standard InChI is InChI=1S/C18H30N4O2S/c1-4-22(5-2)18(24)14-21-9-7-20(8-10-21)13-17(23)19(3)12-16-6-11-25-15-16/h6,11,15H,4-5,7-10,12-14H2,1-3H3. The molecule has 0 bridgehead atoms. The second-order valence-corrected chi connectivity index (χ2v) is 7.28. The molecule has 6 nitrogen and oxygen atoms in total. The number of hydrogen-bond acceptors (Lipinski definition) is 5. The van der Waals surface area contributed by atoms with Crippen LogP contribution in [0.25, 0.3) is 0 Å². The summed E-state index contributed by atoms with van der Waals surface area (Å²) < 4.78 is 0. The van der Waals surface area contributed by atoms with Gasteiger partial charge in [-0.1, -0.05) is 0 Å². The maximum Gasteiger partial charge on any atom is 0.236 e. The summed E-state index contributed by atoms with van der Waals surface area (Å²) in [6, 6.07) is 2.06. The minimum absolute atomic E-state index is 0.152. The van der Waals surface area contributed by atoms with E-state index in [9.17, 15) is 9.59 Å². The van der Waals surface area contributed by atoms with Gasteiger partial charge in [0.1, 0.15) is 0 Å². The third kappa shape index (κ3) is 6.09. The van der Waals surface area contributed by atoms with Crippen LogP contribution in [0.1, 0.15) is 19.4 Å². The number of amides is 2. The molecule has 140 valence electrons. The molecule has 2 amide bonds. The third-order valence-electron chi connectivity index (χ3n) is 4.72. The van der Waals surface area contributed by atoms with E-state index in [1.54, 1.807) is 16.2 Å². The average Bonchev–Trinajstić information content (AvgIpc) is 3.10. The summed E-state index contributed by atoms with van der Waals surface area (Å²) in [7, 11) is 1.86. The van der Waals surface area contributed by atoms with Crippen molar-refractivity contribution in [2.75, 3.05) is 59.4 Å². The lowest BCUT2D eigenvalue weighted by Gasteiger charge is -2.35. The Bertz CT molecular complexity index is 537. The quantitative estimate of drug-likeness (QED) is 0.693. The van der Waals surface area contributed by atoms with Gasteiger partial charge in [0.25, 0.3) is 0 Å². The van der Waals surface area contributed by atoms with E-state index in [2.05, 4.69) is 21.2 Å². The second kappa shape index (κ2) is 9.89. The van der Waals surface area contributed by atoms with Gasteiger partial charge in [-0.2, -0.15) is 11.3 Å². The van der Waals surface area contributed by atoms with Crippen molar-refractivity contribution < 1.29 is 9.59 Å². The third-order valence-corrected chi connectivity index (χ3v) is 5.46. The first kappa shape index (κ1) is 19.9. The van der Waals surface area contributed by atoms with E-state index in [-0.39, 0.29) is 11.8 Å². The highest BCUT2D eigenvalue weighted by atomic mass is 32.1. The van der Waals surface area contributed by atoms with Gasteiger partial charge in [-0.3, -0.25) is 19.4 Å². The molecule has 1 aliphatic rings. The van der Waals surface area contributed by atoms with Crippen LogP contribution in [0.3, 0.4) is 0 Å². The van der Waals surface area contributed by atoms with Crippen molar-refractivity contribution in [1.29, 1.82) is 0 Å². The fraction of sp³-hybridized carbons (Fsp3) is 0.667. The number of hydrogen-bond donors (Lipinski definition) is 0. The van der Waals surface area contributed by atoms with Gasteiger partial charge in [0.05, 0.1) is 13.1 Å². The van der Waals surface area contributed by atoms with Gasteiger partial charge in [-0.05, 0) is 36.2 Å². The Hall–Kier alpha value is -1.44. The van der Waals surface area contributed by atoms with Crippen LogP contribution < -0.4 is 0 Å². The van der Waals surface area contributed by atoms with Crippen molar-refractivity contribution in [1.82, 2.24) is 19.6 Å². The molecule has 1 fully saturated rings. The van der Waals surface area contributed by atoms with E-state index in [0.717, 1.165) is 39.3 Å². The zero-order chi connectivity index (χ0) is 18.2. The van der Waals surface area contributed by atoms with E-state index in [1.807, 2.05) is 31.2 Å². The Balaban J connectivity index is 1.71. The molecule has 0 aromatic carbocycles. The van der Waals surface area contributed by atoms with Crippen LogP contribution in [0.2, 0.25) is 0 Å². The monoisotopic (exact) mass is 366 g/mol. The fourth-order valence-corrected chi connectivity index (χ4v) is 3.69. The van der Waals surface area contributed by atoms with Gasteiger partial charge in [0.2, 0.25) is 11.8 Å². The fourth-order valence-electron chi connectivity index (χ4n) is 3.03. The SMILES string of the molecule is CCN(CC)C(=O)CN1CCN(CC(=O)N(C)Cc2ccsc2)CC1. The van der Waals surface area contributed by atoms with E-state index in [1.165, 1.54) is 5.56 Å². The van der Waals surface area contributed by atoms with Crippen LogP contribution in [0.15, 0.2) is 16.8 Å². The molecule has 0 N–H and O–H groups in total.